The number of hydrogen-bond acceptors (Lipinski definition) is 3. The molecule has 0 amide bonds. The van der Waals surface area contributed by atoms with E-state index in [1.54, 1.807) is 6.07 Å². The van der Waals surface area contributed by atoms with Gasteiger partial charge in [0, 0.05) is 6.07 Å². The highest BCUT2D eigenvalue weighted by molar-refractivity contribution is 5.51. The van der Waals surface area contributed by atoms with Crippen molar-refractivity contribution < 1.29 is 9.66 Å². The summed E-state index contributed by atoms with van der Waals surface area (Å²) < 4.78 is 5.43. The summed E-state index contributed by atoms with van der Waals surface area (Å²) in [4.78, 5) is 10.3. The van der Waals surface area contributed by atoms with Gasteiger partial charge in [0.15, 0.2) is 5.75 Å². The van der Waals surface area contributed by atoms with Gasteiger partial charge in [-0.15, -0.1) is 0 Å². The lowest BCUT2D eigenvalue weighted by Gasteiger charge is -2.08. The number of benzene rings is 1. The average molecular weight is 209 g/mol. The number of rotatable bonds is 5. The number of aryl methyl sites for hydroxylation is 1. The molecule has 15 heavy (non-hydrogen) atoms. The minimum atomic E-state index is -0.408. The van der Waals surface area contributed by atoms with Crippen LogP contribution in [0.5, 0.6) is 5.75 Å². The van der Waals surface area contributed by atoms with Crippen LogP contribution in [-0.2, 0) is 0 Å². The molecule has 0 N–H and O–H groups in total. The lowest BCUT2D eigenvalue weighted by molar-refractivity contribution is -0.385. The zero-order valence-electron chi connectivity index (χ0n) is 9.03. The van der Waals surface area contributed by atoms with E-state index in [-0.39, 0.29) is 5.69 Å². The number of para-hydroxylation sites is 1. The van der Waals surface area contributed by atoms with Crippen molar-refractivity contribution in [1.82, 2.24) is 0 Å². The first-order valence-electron chi connectivity index (χ1n) is 5.03. The standard InChI is InChI=1S/C11H15NO3/c1-3-4-8-15-11-9(2)6-5-7-10(11)12(13)14/h5-7H,3-4,8H2,1-2H3. The number of nitro groups is 1. The first kappa shape index (κ1) is 11.5. The van der Waals surface area contributed by atoms with E-state index in [4.69, 9.17) is 4.74 Å². The lowest BCUT2D eigenvalue weighted by atomic mass is 10.2. The Balaban J connectivity index is 2.87. The first-order chi connectivity index (χ1) is 7.16. The number of unbranched alkanes of at least 4 members (excludes halogenated alkanes) is 1. The lowest BCUT2D eigenvalue weighted by Crippen LogP contribution is -2.01. The summed E-state index contributed by atoms with van der Waals surface area (Å²) in [6, 6.07) is 4.95. The van der Waals surface area contributed by atoms with E-state index in [1.807, 2.05) is 13.0 Å². The molecule has 0 aromatic heterocycles. The van der Waals surface area contributed by atoms with Crippen LogP contribution in [0.3, 0.4) is 0 Å². The summed E-state index contributed by atoms with van der Waals surface area (Å²) in [6.45, 7) is 4.39. The Labute approximate surface area is 89.0 Å². The molecule has 0 atom stereocenters. The molecule has 0 heterocycles. The maximum absolute atomic E-state index is 10.7. The Hall–Kier alpha value is -1.58. The maximum atomic E-state index is 10.7. The molecule has 0 saturated heterocycles. The highest BCUT2D eigenvalue weighted by atomic mass is 16.6. The molecular formula is C11H15NO3. The minimum Gasteiger partial charge on any atom is -0.487 e. The monoisotopic (exact) mass is 209 g/mol. The van der Waals surface area contributed by atoms with Crippen LogP contribution in [-0.4, -0.2) is 11.5 Å². The van der Waals surface area contributed by atoms with Crippen LogP contribution < -0.4 is 4.74 Å². The maximum Gasteiger partial charge on any atom is 0.311 e. The predicted octanol–water partition coefficient (Wildman–Crippen LogP) is 3.08. The molecule has 0 fully saturated rings. The van der Waals surface area contributed by atoms with Crippen LogP contribution in [0.25, 0.3) is 0 Å². The van der Waals surface area contributed by atoms with Gasteiger partial charge in [-0.05, 0) is 18.9 Å². The fourth-order valence-corrected chi connectivity index (χ4v) is 1.29. The molecule has 0 spiro atoms. The number of ether oxygens (including phenoxy) is 1. The van der Waals surface area contributed by atoms with E-state index < -0.39 is 4.92 Å². The quantitative estimate of drug-likeness (QED) is 0.425. The molecular weight excluding hydrogens is 194 g/mol. The van der Waals surface area contributed by atoms with E-state index in [1.165, 1.54) is 6.07 Å². The van der Waals surface area contributed by atoms with Crippen molar-refractivity contribution in [1.29, 1.82) is 0 Å². The van der Waals surface area contributed by atoms with Crippen molar-refractivity contribution in [2.24, 2.45) is 0 Å². The highest BCUT2D eigenvalue weighted by Gasteiger charge is 2.16. The summed E-state index contributed by atoms with van der Waals surface area (Å²) in [5.41, 5.74) is 0.853. The summed E-state index contributed by atoms with van der Waals surface area (Å²) in [5, 5.41) is 10.7. The van der Waals surface area contributed by atoms with Crippen LogP contribution in [0.1, 0.15) is 25.3 Å². The van der Waals surface area contributed by atoms with Gasteiger partial charge in [-0.3, -0.25) is 10.1 Å². The third-order valence-corrected chi connectivity index (χ3v) is 2.13. The molecule has 1 aromatic carbocycles. The second-order valence-corrected chi connectivity index (χ2v) is 3.38. The van der Waals surface area contributed by atoms with Crippen molar-refractivity contribution in [2.75, 3.05) is 6.61 Å². The first-order valence-corrected chi connectivity index (χ1v) is 5.03. The summed E-state index contributed by atoms with van der Waals surface area (Å²) in [7, 11) is 0. The Morgan fingerprint density at radius 1 is 1.47 bits per heavy atom. The van der Waals surface area contributed by atoms with E-state index in [0.717, 1.165) is 18.4 Å². The van der Waals surface area contributed by atoms with Gasteiger partial charge in [0.1, 0.15) is 0 Å². The van der Waals surface area contributed by atoms with Gasteiger partial charge in [0.05, 0.1) is 11.5 Å². The second kappa shape index (κ2) is 5.34. The molecule has 0 aliphatic carbocycles. The van der Waals surface area contributed by atoms with Gasteiger partial charge in [-0.25, -0.2) is 0 Å². The smallest absolute Gasteiger partial charge is 0.311 e. The van der Waals surface area contributed by atoms with E-state index in [9.17, 15) is 10.1 Å². The molecule has 82 valence electrons. The fraction of sp³-hybridized carbons (Fsp3) is 0.455. The van der Waals surface area contributed by atoms with Gasteiger partial charge >= 0.3 is 5.69 Å². The Kier molecular flexibility index (Phi) is 4.09. The Bertz CT molecular complexity index is 350. The molecule has 1 rings (SSSR count). The topological polar surface area (TPSA) is 52.4 Å². The third kappa shape index (κ3) is 2.94. The SMILES string of the molecule is CCCCOc1c(C)cccc1[N+](=O)[O-]. The van der Waals surface area contributed by atoms with Gasteiger partial charge in [0.25, 0.3) is 0 Å². The normalized spacial score (nSPS) is 10.0. The van der Waals surface area contributed by atoms with E-state index in [0.29, 0.717) is 12.4 Å². The third-order valence-electron chi connectivity index (χ3n) is 2.13. The molecule has 0 radical (unpaired) electrons. The molecule has 1 aromatic rings. The Morgan fingerprint density at radius 3 is 2.80 bits per heavy atom. The zero-order valence-corrected chi connectivity index (χ0v) is 9.03. The van der Waals surface area contributed by atoms with Crippen molar-refractivity contribution in [3.63, 3.8) is 0 Å². The summed E-state index contributed by atoms with van der Waals surface area (Å²) in [5.74, 6) is 0.399. The fourth-order valence-electron chi connectivity index (χ4n) is 1.29. The summed E-state index contributed by atoms with van der Waals surface area (Å²) >= 11 is 0. The van der Waals surface area contributed by atoms with Crippen LogP contribution in [0.2, 0.25) is 0 Å². The number of nitrogens with zero attached hydrogens (tertiary/aromatic N) is 1. The van der Waals surface area contributed by atoms with Crippen LogP contribution in [0, 0.1) is 17.0 Å². The van der Waals surface area contributed by atoms with Crippen molar-refractivity contribution in [3.05, 3.63) is 33.9 Å². The average Bonchev–Trinajstić information content (AvgIpc) is 2.20. The molecule has 4 nitrogen and oxygen atoms in total. The van der Waals surface area contributed by atoms with Crippen LogP contribution in [0.15, 0.2) is 18.2 Å². The molecule has 0 saturated carbocycles. The summed E-state index contributed by atoms with van der Waals surface area (Å²) in [6.07, 6.45) is 1.92. The second-order valence-electron chi connectivity index (χ2n) is 3.38. The molecule has 0 unspecified atom stereocenters. The number of nitro benzene ring substituents is 1. The van der Waals surface area contributed by atoms with Crippen molar-refractivity contribution >= 4 is 5.69 Å². The Morgan fingerprint density at radius 2 is 2.20 bits per heavy atom. The van der Waals surface area contributed by atoms with Gasteiger partial charge in [-0.2, -0.15) is 0 Å². The zero-order chi connectivity index (χ0) is 11.3. The van der Waals surface area contributed by atoms with Crippen molar-refractivity contribution in [3.8, 4) is 5.75 Å². The molecule has 4 heteroatoms. The van der Waals surface area contributed by atoms with Crippen LogP contribution in [0.4, 0.5) is 5.69 Å². The van der Waals surface area contributed by atoms with Crippen LogP contribution >= 0.6 is 0 Å². The van der Waals surface area contributed by atoms with E-state index in [2.05, 4.69) is 6.92 Å². The van der Waals surface area contributed by atoms with Gasteiger partial charge < -0.3 is 4.74 Å². The number of hydrogen-bond donors (Lipinski definition) is 0. The molecule has 0 aliphatic heterocycles. The van der Waals surface area contributed by atoms with Gasteiger partial charge in [0.2, 0.25) is 0 Å². The largest absolute Gasteiger partial charge is 0.487 e. The predicted molar refractivity (Wildman–Crippen MR) is 58.2 cm³/mol. The minimum absolute atomic E-state index is 0.0473. The highest BCUT2D eigenvalue weighted by Crippen LogP contribution is 2.30. The van der Waals surface area contributed by atoms with Crippen molar-refractivity contribution in [2.45, 2.75) is 26.7 Å². The van der Waals surface area contributed by atoms with Gasteiger partial charge in [-0.1, -0.05) is 25.5 Å². The van der Waals surface area contributed by atoms with E-state index >= 15 is 0 Å². The molecule has 0 aliphatic rings. The molecule has 0 bridgehead atoms.